The van der Waals surface area contributed by atoms with Gasteiger partial charge >= 0.3 is 0 Å². The van der Waals surface area contributed by atoms with Gasteiger partial charge in [-0.2, -0.15) is 0 Å². The van der Waals surface area contributed by atoms with Crippen LogP contribution in [0.3, 0.4) is 0 Å². The summed E-state index contributed by atoms with van der Waals surface area (Å²) in [4.78, 5) is 15.9. The summed E-state index contributed by atoms with van der Waals surface area (Å²) in [5.41, 5.74) is 16.4. The Morgan fingerprint density at radius 3 is 1.99 bits per heavy atom. The molecule has 2 spiro atoms. The zero-order chi connectivity index (χ0) is 43.9. The van der Waals surface area contributed by atoms with Crippen LogP contribution in [0, 0.1) is 23.2 Å². The Labute approximate surface area is 392 Å². The van der Waals surface area contributed by atoms with Gasteiger partial charge in [-0.05, 0) is 148 Å². The van der Waals surface area contributed by atoms with Gasteiger partial charge in [0.25, 0.3) is 0 Å². The van der Waals surface area contributed by atoms with Crippen molar-refractivity contribution in [2.24, 2.45) is 23.2 Å². The standard InChI is InChI=1S/C63H49N3O/c1-2-11-40(12-3-1)44-13-10-14-46(32-44)60-65-58(64-59(66-60)43-25-28-48(29-26-43)61-34-39-31-47-36-62(35-39,38-61)55(47)37-61)42-23-21-41(22-24-42)45-27-30-52-50(33-45)49-15-4-5-16-51(49)63(52)53-17-6-8-19-56(53)67-57-20-9-7-18-54(57)63/h1-23,25-30,32-33,39,42,47,55H,24,31,34-38H2/t39-,42?,47?,55?,61?,62?/m0/s1. The van der Waals surface area contributed by atoms with Crippen molar-refractivity contribution in [3.8, 4) is 56.5 Å². The van der Waals surface area contributed by atoms with E-state index < -0.39 is 5.41 Å². The number of ether oxygens (including phenoxy) is 1. The molecule has 5 unspecified atom stereocenters. The first kappa shape index (κ1) is 38.0. The Kier molecular flexibility index (Phi) is 7.90. The normalized spacial score (nSPS) is 25.9. The molecule has 7 aliphatic carbocycles. The highest BCUT2D eigenvalue weighted by Gasteiger charge is 2.70. The van der Waals surface area contributed by atoms with Crippen molar-refractivity contribution in [2.45, 2.75) is 61.7 Å². The van der Waals surface area contributed by atoms with Crippen LogP contribution < -0.4 is 4.74 Å². The summed E-state index contributed by atoms with van der Waals surface area (Å²) >= 11 is 0. The molecule has 2 heterocycles. The number of aromatic nitrogens is 3. The topological polar surface area (TPSA) is 47.9 Å². The summed E-state index contributed by atoms with van der Waals surface area (Å²) in [5, 5.41) is 0. The Balaban J connectivity index is 0.786. The van der Waals surface area contributed by atoms with Gasteiger partial charge in [0.2, 0.25) is 0 Å². The number of fused-ring (bicyclic) bond motifs is 10. The molecule has 4 bridgehead atoms. The third-order valence-electron chi connectivity index (χ3n) is 17.6. The number of rotatable bonds is 6. The number of para-hydroxylation sites is 2. The van der Waals surface area contributed by atoms with Crippen molar-refractivity contribution in [1.29, 1.82) is 0 Å². The highest BCUT2D eigenvalue weighted by atomic mass is 16.5. The van der Waals surface area contributed by atoms with Crippen LogP contribution in [-0.4, -0.2) is 15.0 Å². The van der Waals surface area contributed by atoms with Crippen LogP contribution in [0.5, 0.6) is 11.5 Å². The quantitative estimate of drug-likeness (QED) is 0.167. The molecule has 8 aliphatic rings. The summed E-state index contributed by atoms with van der Waals surface area (Å²) < 4.78 is 6.56. The molecule has 4 heteroatoms. The SMILES string of the molecule is C1=CC(c2nc(-c3ccc(C45CC6C7C[C@@H](C4)CC6(C7)C5)cc3)nc(-c3cccc(-c4ccccc4)c3)n2)CC=C1c1ccc2c(c1)-c1ccccc1C21c2ccccc2Oc2ccccc21. The minimum atomic E-state index is -0.471. The number of allylic oxidation sites excluding steroid dienone is 4. The van der Waals surface area contributed by atoms with E-state index in [2.05, 4.69) is 188 Å². The average Bonchev–Trinajstić information content (AvgIpc) is 3.73. The molecule has 1 aromatic heterocycles. The molecule has 5 saturated carbocycles. The molecule has 4 nitrogen and oxygen atoms in total. The molecule has 7 aromatic carbocycles. The molecule has 0 N–H and O–H groups in total. The second-order valence-corrected chi connectivity index (χ2v) is 21.0. The number of nitrogens with zero attached hydrogens (tertiary/aromatic N) is 3. The fraction of sp³-hybridized carbons (Fsp3) is 0.222. The minimum Gasteiger partial charge on any atom is -0.457 e. The van der Waals surface area contributed by atoms with Gasteiger partial charge in [-0.15, -0.1) is 0 Å². The minimum absolute atomic E-state index is 0.00672. The summed E-state index contributed by atoms with van der Waals surface area (Å²) in [6.45, 7) is 0. The zero-order valence-corrected chi connectivity index (χ0v) is 37.4. The molecule has 322 valence electrons. The summed E-state index contributed by atoms with van der Waals surface area (Å²) in [6, 6.07) is 61.9. The molecule has 0 saturated heterocycles. The van der Waals surface area contributed by atoms with Gasteiger partial charge < -0.3 is 4.74 Å². The molecule has 67 heavy (non-hydrogen) atoms. The first-order chi connectivity index (χ1) is 33.0. The van der Waals surface area contributed by atoms with Gasteiger partial charge in [-0.25, -0.2) is 15.0 Å². The summed E-state index contributed by atoms with van der Waals surface area (Å²) in [7, 11) is 0. The first-order valence-corrected chi connectivity index (χ1v) is 24.6. The van der Waals surface area contributed by atoms with E-state index in [0.717, 1.165) is 64.0 Å². The van der Waals surface area contributed by atoms with Crippen LogP contribution >= 0.6 is 0 Å². The van der Waals surface area contributed by atoms with Gasteiger partial charge in [0.1, 0.15) is 17.3 Å². The highest BCUT2D eigenvalue weighted by molar-refractivity contribution is 5.91. The fourth-order valence-electron chi connectivity index (χ4n) is 15.1. The third kappa shape index (κ3) is 5.44. The lowest BCUT2D eigenvalue weighted by Crippen LogP contribution is -2.52. The number of benzene rings is 7. The number of hydrogen-bond donors (Lipinski definition) is 0. The van der Waals surface area contributed by atoms with Crippen LogP contribution in [0.25, 0.3) is 50.6 Å². The van der Waals surface area contributed by atoms with Crippen molar-refractivity contribution in [3.05, 3.63) is 227 Å². The molecular formula is C63H49N3O. The third-order valence-corrected chi connectivity index (χ3v) is 17.6. The Bertz CT molecular complexity index is 3380. The van der Waals surface area contributed by atoms with Crippen LogP contribution in [-0.2, 0) is 10.8 Å². The maximum absolute atomic E-state index is 6.56. The predicted octanol–water partition coefficient (Wildman–Crippen LogP) is 14.9. The van der Waals surface area contributed by atoms with Crippen molar-refractivity contribution in [3.63, 3.8) is 0 Å². The van der Waals surface area contributed by atoms with E-state index in [1.165, 1.54) is 88.6 Å². The van der Waals surface area contributed by atoms with E-state index in [1.807, 2.05) is 0 Å². The Morgan fingerprint density at radius 2 is 1.19 bits per heavy atom. The summed E-state index contributed by atoms with van der Waals surface area (Å²) in [6.07, 6.45) is 16.4. The van der Waals surface area contributed by atoms with Crippen molar-refractivity contribution < 1.29 is 4.74 Å². The first-order valence-electron chi connectivity index (χ1n) is 24.6. The maximum atomic E-state index is 6.56. The lowest BCUT2D eigenvalue weighted by atomic mass is 9.44. The zero-order valence-electron chi connectivity index (χ0n) is 37.4. The van der Waals surface area contributed by atoms with Crippen LogP contribution in [0.1, 0.15) is 90.1 Å². The van der Waals surface area contributed by atoms with Gasteiger partial charge in [-0.3, -0.25) is 0 Å². The molecule has 16 rings (SSSR count). The molecule has 5 fully saturated rings. The second-order valence-electron chi connectivity index (χ2n) is 21.0. The van der Waals surface area contributed by atoms with E-state index in [1.54, 1.807) is 5.56 Å². The molecule has 0 radical (unpaired) electrons. The number of hydrogen-bond acceptors (Lipinski definition) is 4. The van der Waals surface area contributed by atoms with E-state index in [0.29, 0.717) is 16.7 Å². The van der Waals surface area contributed by atoms with Crippen molar-refractivity contribution in [1.82, 2.24) is 15.0 Å². The molecule has 6 atom stereocenters. The molecule has 1 aliphatic heterocycles. The molecule has 8 aromatic rings. The van der Waals surface area contributed by atoms with Gasteiger partial charge in [0.05, 0.1) is 5.41 Å². The summed E-state index contributed by atoms with van der Waals surface area (Å²) in [5.74, 6) is 6.98. The largest absolute Gasteiger partial charge is 0.457 e. The van der Waals surface area contributed by atoms with Crippen LogP contribution in [0.2, 0.25) is 0 Å². The smallest absolute Gasteiger partial charge is 0.163 e. The lowest BCUT2D eigenvalue weighted by Gasteiger charge is -2.60. The average molecular weight is 864 g/mol. The fourth-order valence-corrected chi connectivity index (χ4v) is 15.1. The monoisotopic (exact) mass is 863 g/mol. The van der Waals surface area contributed by atoms with E-state index in [9.17, 15) is 0 Å². The predicted molar refractivity (Wildman–Crippen MR) is 267 cm³/mol. The van der Waals surface area contributed by atoms with Crippen LogP contribution in [0.4, 0.5) is 0 Å². The van der Waals surface area contributed by atoms with E-state index in [-0.39, 0.29) is 5.92 Å². The Morgan fingerprint density at radius 1 is 0.507 bits per heavy atom. The van der Waals surface area contributed by atoms with Gasteiger partial charge in [-0.1, -0.05) is 164 Å². The molecular weight excluding hydrogens is 815 g/mol. The van der Waals surface area contributed by atoms with E-state index in [4.69, 9.17) is 19.7 Å². The molecule has 0 amide bonds. The second kappa shape index (κ2) is 13.9. The van der Waals surface area contributed by atoms with Crippen molar-refractivity contribution in [2.75, 3.05) is 0 Å². The Hall–Kier alpha value is -7.17. The van der Waals surface area contributed by atoms with Gasteiger partial charge in [0, 0.05) is 28.2 Å². The van der Waals surface area contributed by atoms with Crippen molar-refractivity contribution >= 4 is 5.57 Å². The lowest BCUT2D eigenvalue weighted by molar-refractivity contribution is -0.104. The van der Waals surface area contributed by atoms with Gasteiger partial charge in [0.15, 0.2) is 11.6 Å². The van der Waals surface area contributed by atoms with Crippen LogP contribution in [0.15, 0.2) is 188 Å². The highest BCUT2D eigenvalue weighted by Crippen LogP contribution is 2.78. The maximum Gasteiger partial charge on any atom is 0.163 e. The van der Waals surface area contributed by atoms with E-state index >= 15 is 0 Å².